The van der Waals surface area contributed by atoms with E-state index >= 15 is 0 Å². The number of benzene rings is 1. The first-order valence-corrected chi connectivity index (χ1v) is 4.62. The first-order valence-electron chi connectivity index (χ1n) is 4.24. The van der Waals surface area contributed by atoms with Crippen LogP contribution in [0.5, 0.6) is 0 Å². The van der Waals surface area contributed by atoms with Crippen LogP contribution in [0.1, 0.15) is 5.56 Å². The van der Waals surface area contributed by atoms with E-state index in [0.29, 0.717) is 10.6 Å². The summed E-state index contributed by atoms with van der Waals surface area (Å²) < 4.78 is 17.9. The van der Waals surface area contributed by atoms with E-state index in [2.05, 4.69) is 0 Å². The summed E-state index contributed by atoms with van der Waals surface area (Å²) in [5.74, 6) is -0.357. The van der Waals surface area contributed by atoms with E-state index in [1.54, 1.807) is 0 Å². The normalized spacial score (nSPS) is 12.9. The smallest absolute Gasteiger partial charge is 0.126 e. The van der Waals surface area contributed by atoms with Gasteiger partial charge in [0.05, 0.1) is 12.7 Å². The number of rotatable bonds is 4. The minimum Gasteiger partial charge on any atom is -0.390 e. The zero-order chi connectivity index (χ0) is 10.6. The summed E-state index contributed by atoms with van der Waals surface area (Å²) in [6, 6.07) is 4.27. The average molecular weight is 219 g/mol. The maximum atomic E-state index is 13.2. The number of hydrogen-bond donors (Lipinski definition) is 1. The molecule has 4 heteroatoms. The van der Waals surface area contributed by atoms with Gasteiger partial charge in [-0.15, -0.1) is 0 Å². The zero-order valence-electron chi connectivity index (χ0n) is 7.84. The van der Waals surface area contributed by atoms with E-state index in [1.165, 1.54) is 25.3 Å². The minimum absolute atomic E-state index is 0.186. The van der Waals surface area contributed by atoms with Crippen molar-refractivity contribution in [3.63, 3.8) is 0 Å². The predicted molar refractivity (Wildman–Crippen MR) is 53.0 cm³/mol. The molecule has 1 aromatic carbocycles. The molecule has 2 nitrogen and oxygen atoms in total. The van der Waals surface area contributed by atoms with Gasteiger partial charge in [0.15, 0.2) is 0 Å². The van der Waals surface area contributed by atoms with Crippen LogP contribution < -0.4 is 0 Å². The molecule has 1 atom stereocenters. The van der Waals surface area contributed by atoms with Crippen molar-refractivity contribution >= 4 is 11.6 Å². The molecule has 1 rings (SSSR count). The van der Waals surface area contributed by atoms with Crippen molar-refractivity contribution < 1.29 is 14.2 Å². The number of methoxy groups -OCH3 is 1. The summed E-state index contributed by atoms with van der Waals surface area (Å²) in [6.07, 6.45) is -0.492. The Bertz CT molecular complexity index is 304. The fourth-order valence-electron chi connectivity index (χ4n) is 1.20. The second kappa shape index (κ2) is 5.29. The summed E-state index contributed by atoms with van der Waals surface area (Å²) in [4.78, 5) is 0. The van der Waals surface area contributed by atoms with E-state index in [1.807, 2.05) is 0 Å². The molecule has 0 spiro atoms. The lowest BCUT2D eigenvalue weighted by Crippen LogP contribution is -2.17. The van der Waals surface area contributed by atoms with Crippen LogP contribution in [0.3, 0.4) is 0 Å². The highest BCUT2D eigenvalue weighted by atomic mass is 35.5. The molecule has 0 aliphatic carbocycles. The van der Waals surface area contributed by atoms with Crippen LogP contribution in [0.25, 0.3) is 0 Å². The van der Waals surface area contributed by atoms with Crippen molar-refractivity contribution in [1.82, 2.24) is 0 Å². The highest BCUT2D eigenvalue weighted by Gasteiger charge is 2.09. The molecule has 1 aromatic rings. The lowest BCUT2D eigenvalue weighted by Gasteiger charge is -2.10. The summed E-state index contributed by atoms with van der Waals surface area (Å²) >= 11 is 5.70. The van der Waals surface area contributed by atoms with Gasteiger partial charge in [-0.3, -0.25) is 0 Å². The Morgan fingerprint density at radius 3 is 2.93 bits per heavy atom. The molecular formula is C10H12ClFO2. The quantitative estimate of drug-likeness (QED) is 0.838. The van der Waals surface area contributed by atoms with Crippen LogP contribution in [0.4, 0.5) is 4.39 Å². The zero-order valence-corrected chi connectivity index (χ0v) is 8.59. The van der Waals surface area contributed by atoms with Gasteiger partial charge >= 0.3 is 0 Å². The summed E-state index contributed by atoms with van der Waals surface area (Å²) in [7, 11) is 1.48. The van der Waals surface area contributed by atoms with E-state index in [4.69, 9.17) is 16.3 Å². The van der Waals surface area contributed by atoms with Crippen LogP contribution >= 0.6 is 11.6 Å². The number of hydrogen-bond acceptors (Lipinski definition) is 2. The summed E-state index contributed by atoms with van der Waals surface area (Å²) in [5.41, 5.74) is 0.405. The molecule has 78 valence electrons. The fourth-order valence-corrected chi connectivity index (χ4v) is 1.40. The Morgan fingerprint density at radius 2 is 2.29 bits per heavy atom. The molecular weight excluding hydrogens is 207 g/mol. The number of ether oxygens (including phenoxy) is 1. The number of aliphatic hydroxyl groups is 1. The van der Waals surface area contributed by atoms with Gasteiger partial charge in [-0.2, -0.15) is 0 Å². The third-order valence-electron chi connectivity index (χ3n) is 1.82. The molecule has 1 N–H and O–H groups in total. The Labute approximate surface area is 87.3 Å². The topological polar surface area (TPSA) is 29.5 Å². The van der Waals surface area contributed by atoms with Gasteiger partial charge < -0.3 is 9.84 Å². The number of aliphatic hydroxyl groups excluding tert-OH is 1. The highest BCUT2D eigenvalue weighted by Crippen LogP contribution is 2.16. The van der Waals surface area contributed by atoms with Crippen molar-refractivity contribution in [1.29, 1.82) is 0 Å². The van der Waals surface area contributed by atoms with Gasteiger partial charge in [0, 0.05) is 18.6 Å². The molecule has 0 aromatic heterocycles. The molecule has 0 fully saturated rings. The van der Waals surface area contributed by atoms with Gasteiger partial charge in [-0.05, 0) is 23.8 Å². The SMILES string of the molecule is COCC(O)Cc1cc(Cl)ccc1F. The van der Waals surface area contributed by atoms with Gasteiger partial charge in [0.1, 0.15) is 5.82 Å². The molecule has 0 saturated carbocycles. The Hall–Kier alpha value is -0.640. The van der Waals surface area contributed by atoms with Crippen LogP contribution in [0.2, 0.25) is 5.02 Å². The van der Waals surface area contributed by atoms with E-state index < -0.39 is 6.10 Å². The van der Waals surface area contributed by atoms with Crippen molar-refractivity contribution in [3.05, 3.63) is 34.6 Å². The molecule has 0 heterocycles. The maximum Gasteiger partial charge on any atom is 0.126 e. The first-order chi connectivity index (χ1) is 6.63. The van der Waals surface area contributed by atoms with Crippen LogP contribution in [0.15, 0.2) is 18.2 Å². The maximum absolute atomic E-state index is 13.2. The Balaban J connectivity index is 2.70. The molecule has 0 aliphatic rings. The molecule has 1 unspecified atom stereocenters. The first kappa shape index (κ1) is 11.4. The predicted octanol–water partition coefficient (Wildman–Crippen LogP) is 2.03. The van der Waals surface area contributed by atoms with Crippen molar-refractivity contribution in [3.8, 4) is 0 Å². The van der Waals surface area contributed by atoms with Crippen LogP contribution in [-0.4, -0.2) is 24.9 Å². The monoisotopic (exact) mass is 218 g/mol. The van der Waals surface area contributed by atoms with Crippen molar-refractivity contribution in [2.75, 3.05) is 13.7 Å². The van der Waals surface area contributed by atoms with E-state index in [0.717, 1.165) is 0 Å². The minimum atomic E-state index is -0.701. The summed E-state index contributed by atoms with van der Waals surface area (Å²) in [5, 5.41) is 9.85. The Morgan fingerprint density at radius 1 is 1.57 bits per heavy atom. The van der Waals surface area contributed by atoms with Crippen LogP contribution in [0, 0.1) is 5.82 Å². The Kier molecular flexibility index (Phi) is 4.32. The van der Waals surface area contributed by atoms with Crippen molar-refractivity contribution in [2.45, 2.75) is 12.5 Å². The second-order valence-electron chi connectivity index (χ2n) is 3.05. The van der Waals surface area contributed by atoms with E-state index in [-0.39, 0.29) is 18.8 Å². The molecule has 0 aliphatic heterocycles. The lowest BCUT2D eigenvalue weighted by atomic mass is 10.1. The second-order valence-corrected chi connectivity index (χ2v) is 3.49. The van der Waals surface area contributed by atoms with Gasteiger partial charge in [0.25, 0.3) is 0 Å². The third kappa shape index (κ3) is 3.25. The summed E-state index contributed by atoms with van der Waals surface area (Å²) in [6.45, 7) is 0.186. The third-order valence-corrected chi connectivity index (χ3v) is 2.06. The van der Waals surface area contributed by atoms with Crippen LogP contribution in [-0.2, 0) is 11.2 Å². The standard InChI is InChI=1S/C10H12ClFO2/c1-14-6-9(13)5-7-4-8(11)2-3-10(7)12/h2-4,9,13H,5-6H2,1H3. The molecule has 0 radical (unpaired) electrons. The molecule has 14 heavy (non-hydrogen) atoms. The van der Waals surface area contributed by atoms with Crippen molar-refractivity contribution in [2.24, 2.45) is 0 Å². The largest absolute Gasteiger partial charge is 0.390 e. The van der Waals surface area contributed by atoms with Gasteiger partial charge in [-0.25, -0.2) is 4.39 Å². The molecule has 0 amide bonds. The fraction of sp³-hybridized carbons (Fsp3) is 0.400. The van der Waals surface area contributed by atoms with E-state index in [9.17, 15) is 9.50 Å². The van der Waals surface area contributed by atoms with Gasteiger partial charge in [0.2, 0.25) is 0 Å². The molecule has 0 bridgehead atoms. The average Bonchev–Trinajstić information content (AvgIpc) is 2.12. The lowest BCUT2D eigenvalue weighted by molar-refractivity contribution is 0.0645. The van der Waals surface area contributed by atoms with Gasteiger partial charge in [-0.1, -0.05) is 11.6 Å². The molecule has 0 saturated heterocycles. The number of halogens is 2. The highest BCUT2D eigenvalue weighted by molar-refractivity contribution is 6.30.